The van der Waals surface area contributed by atoms with Gasteiger partial charge in [0.1, 0.15) is 5.82 Å². The zero-order valence-corrected chi connectivity index (χ0v) is 10.8. The second kappa shape index (κ2) is 5.14. The molecule has 5 heteroatoms. The van der Waals surface area contributed by atoms with Crippen molar-refractivity contribution in [1.82, 2.24) is 5.43 Å². The number of hydrazine groups is 1. The van der Waals surface area contributed by atoms with E-state index in [9.17, 15) is 4.39 Å². The number of halogens is 2. The Morgan fingerprint density at radius 3 is 2.71 bits per heavy atom. The van der Waals surface area contributed by atoms with Gasteiger partial charge in [0.25, 0.3) is 0 Å². The number of benzene rings is 1. The van der Waals surface area contributed by atoms with E-state index in [4.69, 9.17) is 17.4 Å². The molecule has 0 spiro atoms. The molecule has 1 aromatic heterocycles. The lowest BCUT2D eigenvalue weighted by Gasteiger charge is -2.17. The van der Waals surface area contributed by atoms with Crippen LogP contribution in [-0.2, 0) is 0 Å². The molecule has 0 aliphatic rings. The maximum absolute atomic E-state index is 13.0. The van der Waals surface area contributed by atoms with Gasteiger partial charge < -0.3 is 0 Å². The van der Waals surface area contributed by atoms with Gasteiger partial charge in [0.15, 0.2) is 0 Å². The van der Waals surface area contributed by atoms with E-state index in [1.54, 1.807) is 17.4 Å². The highest BCUT2D eigenvalue weighted by Gasteiger charge is 2.18. The first-order valence-corrected chi connectivity index (χ1v) is 6.34. The second-order valence-electron chi connectivity index (χ2n) is 3.73. The minimum absolute atomic E-state index is 0.205. The van der Waals surface area contributed by atoms with Gasteiger partial charge in [-0.1, -0.05) is 17.7 Å². The Morgan fingerprint density at radius 2 is 2.18 bits per heavy atom. The quantitative estimate of drug-likeness (QED) is 0.663. The Hall–Kier alpha value is -0.940. The highest BCUT2D eigenvalue weighted by molar-refractivity contribution is 7.10. The molecule has 90 valence electrons. The average Bonchev–Trinajstić information content (AvgIpc) is 2.69. The molecule has 0 saturated heterocycles. The smallest absolute Gasteiger partial charge is 0.124 e. The van der Waals surface area contributed by atoms with E-state index < -0.39 is 0 Å². The van der Waals surface area contributed by atoms with E-state index in [0.29, 0.717) is 5.02 Å². The Labute approximate surface area is 108 Å². The van der Waals surface area contributed by atoms with Crippen LogP contribution in [0.4, 0.5) is 4.39 Å². The van der Waals surface area contributed by atoms with Crippen LogP contribution in [0.2, 0.25) is 5.02 Å². The van der Waals surface area contributed by atoms with Crippen LogP contribution in [0.5, 0.6) is 0 Å². The first-order valence-electron chi connectivity index (χ1n) is 5.08. The third-order valence-electron chi connectivity index (χ3n) is 2.60. The molecule has 17 heavy (non-hydrogen) atoms. The first-order chi connectivity index (χ1) is 8.13. The molecule has 0 fully saturated rings. The van der Waals surface area contributed by atoms with Gasteiger partial charge in [-0.15, -0.1) is 11.3 Å². The third-order valence-corrected chi connectivity index (χ3v) is 4.02. The molecule has 3 N–H and O–H groups in total. The van der Waals surface area contributed by atoms with Gasteiger partial charge in [0, 0.05) is 9.90 Å². The van der Waals surface area contributed by atoms with Gasteiger partial charge in [0.2, 0.25) is 0 Å². The highest BCUT2D eigenvalue weighted by atomic mass is 35.5. The third kappa shape index (κ3) is 2.50. The number of thiophene rings is 1. The number of nitrogens with two attached hydrogens (primary N) is 1. The average molecular weight is 271 g/mol. The number of rotatable bonds is 3. The molecule has 2 aromatic rings. The van der Waals surface area contributed by atoms with E-state index in [1.807, 2.05) is 18.4 Å². The Bertz CT molecular complexity index is 527. The minimum atomic E-state index is -0.350. The lowest BCUT2D eigenvalue weighted by atomic mass is 10.0. The van der Waals surface area contributed by atoms with E-state index >= 15 is 0 Å². The molecule has 0 aliphatic heterocycles. The zero-order valence-electron chi connectivity index (χ0n) is 9.21. The van der Waals surface area contributed by atoms with Crippen LogP contribution in [0.15, 0.2) is 29.6 Å². The van der Waals surface area contributed by atoms with Gasteiger partial charge in [0.05, 0.1) is 6.04 Å². The van der Waals surface area contributed by atoms with E-state index in [1.165, 1.54) is 12.1 Å². The van der Waals surface area contributed by atoms with Crippen molar-refractivity contribution in [2.45, 2.75) is 13.0 Å². The van der Waals surface area contributed by atoms with Crippen molar-refractivity contribution in [2.24, 2.45) is 5.84 Å². The van der Waals surface area contributed by atoms with Crippen LogP contribution in [0.25, 0.3) is 0 Å². The summed E-state index contributed by atoms with van der Waals surface area (Å²) in [5.41, 5.74) is 4.64. The molecule has 1 aromatic carbocycles. The molecule has 2 nitrogen and oxygen atoms in total. The summed E-state index contributed by atoms with van der Waals surface area (Å²) in [6.07, 6.45) is 0. The predicted octanol–water partition coefficient (Wildman–Crippen LogP) is 3.40. The van der Waals surface area contributed by atoms with Crippen molar-refractivity contribution in [1.29, 1.82) is 0 Å². The molecule has 0 amide bonds. The molecule has 0 bridgehead atoms. The van der Waals surface area contributed by atoms with Crippen molar-refractivity contribution < 1.29 is 4.39 Å². The SMILES string of the molecule is Cc1ccsc1C(NN)c1ccc(F)cc1Cl. The lowest BCUT2D eigenvalue weighted by Crippen LogP contribution is -2.28. The standard InChI is InChI=1S/C12H12ClFN2S/c1-7-4-5-17-12(7)11(16-15)9-3-2-8(14)6-10(9)13/h2-6,11,16H,15H2,1H3. The van der Waals surface area contributed by atoms with E-state index in [2.05, 4.69) is 5.43 Å². The summed E-state index contributed by atoms with van der Waals surface area (Å²) >= 11 is 7.64. The fourth-order valence-electron chi connectivity index (χ4n) is 1.72. The van der Waals surface area contributed by atoms with Gasteiger partial charge in [-0.25, -0.2) is 9.82 Å². The summed E-state index contributed by atoms with van der Waals surface area (Å²) < 4.78 is 13.0. The summed E-state index contributed by atoms with van der Waals surface area (Å²) in [6.45, 7) is 2.01. The molecule has 2 rings (SSSR count). The van der Waals surface area contributed by atoms with Crippen LogP contribution < -0.4 is 11.3 Å². The van der Waals surface area contributed by atoms with Crippen LogP contribution in [0.1, 0.15) is 22.0 Å². The van der Waals surface area contributed by atoms with Crippen molar-refractivity contribution in [3.63, 3.8) is 0 Å². The van der Waals surface area contributed by atoms with Crippen molar-refractivity contribution >= 4 is 22.9 Å². The maximum Gasteiger partial charge on any atom is 0.124 e. The Balaban J connectivity index is 2.46. The summed E-state index contributed by atoms with van der Waals surface area (Å²) in [7, 11) is 0. The van der Waals surface area contributed by atoms with Gasteiger partial charge in [-0.3, -0.25) is 5.84 Å². The molecule has 1 heterocycles. The Kier molecular flexibility index (Phi) is 3.79. The van der Waals surface area contributed by atoms with Gasteiger partial charge in [-0.2, -0.15) is 0 Å². The molecule has 0 radical (unpaired) electrons. The minimum Gasteiger partial charge on any atom is -0.271 e. The summed E-state index contributed by atoms with van der Waals surface area (Å²) in [4.78, 5) is 1.08. The fourth-order valence-corrected chi connectivity index (χ4v) is 3.00. The second-order valence-corrected chi connectivity index (χ2v) is 5.09. The number of hydrogen-bond acceptors (Lipinski definition) is 3. The predicted molar refractivity (Wildman–Crippen MR) is 69.6 cm³/mol. The monoisotopic (exact) mass is 270 g/mol. The molecule has 0 aliphatic carbocycles. The molecule has 1 unspecified atom stereocenters. The van der Waals surface area contributed by atoms with Crippen molar-refractivity contribution in [2.75, 3.05) is 0 Å². The summed E-state index contributed by atoms with van der Waals surface area (Å²) in [6, 6.07) is 6.14. The van der Waals surface area contributed by atoms with Crippen molar-refractivity contribution in [3.8, 4) is 0 Å². The first kappa shape index (κ1) is 12.5. The number of aryl methyl sites for hydroxylation is 1. The molecule has 0 saturated carbocycles. The summed E-state index contributed by atoms with van der Waals surface area (Å²) in [5, 5.41) is 2.37. The number of nitrogens with one attached hydrogen (secondary N) is 1. The Morgan fingerprint density at radius 1 is 1.41 bits per heavy atom. The highest BCUT2D eigenvalue weighted by Crippen LogP contribution is 2.32. The zero-order chi connectivity index (χ0) is 12.4. The number of hydrogen-bond donors (Lipinski definition) is 2. The van der Waals surface area contributed by atoms with Crippen LogP contribution in [-0.4, -0.2) is 0 Å². The van der Waals surface area contributed by atoms with Gasteiger partial charge >= 0.3 is 0 Å². The summed E-state index contributed by atoms with van der Waals surface area (Å²) in [5.74, 6) is 5.23. The van der Waals surface area contributed by atoms with E-state index in [-0.39, 0.29) is 11.9 Å². The van der Waals surface area contributed by atoms with Crippen LogP contribution in [0.3, 0.4) is 0 Å². The van der Waals surface area contributed by atoms with Crippen LogP contribution in [0, 0.1) is 12.7 Å². The maximum atomic E-state index is 13.0. The van der Waals surface area contributed by atoms with Gasteiger partial charge in [-0.05, 0) is 41.6 Å². The van der Waals surface area contributed by atoms with Crippen LogP contribution >= 0.6 is 22.9 Å². The molecule has 1 atom stereocenters. The largest absolute Gasteiger partial charge is 0.271 e. The van der Waals surface area contributed by atoms with E-state index in [0.717, 1.165) is 16.0 Å². The fraction of sp³-hybridized carbons (Fsp3) is 0.167. The molecular weight excluding hydrogens is 259 g/mol. The normalized spacial score (nSPS) is 12.7. The lowest BCUT2D eigenvalue weighted by molar-refractivity contribution is 0.618. The van der Waals surface area contributed by atoms with Crippen molar-refractivity contribution in [3.05, 3.63) is 56.5 Å². The molecular formula is C12H12ClFN2S. The topological polar surface area (TPSA) is 38.0 Å².